The second kappa shape index (κ2) is 5.87. The van der Waals surface area contributed by atoms with Gasteiger partial charge < -0.3 is 10.1 Å². The molecule has 1 heterocycles. The van der Waals surface area contributed by atoms with E-state index in [1.54, 1.807) is 17.4 Å². The van der Waals surface area contributed by atoms with Crippen LogP contribution in [0.15, 0.2) is 18.2 Å². The predicted octanol–water partition coefficient (Wildman–Crippen LogP) is 3.29. The molecular formula is C13H15N3O3S. The normalized spacial score (nSPS) is 10.3. The second-order valence-corrected chi connectivity index (χ2v) is 5.52. The number of hydrogen-bond donors (Lipinski definition) is 1. The van der Waals surface area contributed by atoms with Crippen LogP contribution >= 0.6 is 11.3 Å². The Morgan fingerprint density at radius 1 is 1.45 bits per heavy atom. The Labute approximate surface area is 120 Å². The van der Waals surface area contributed by atoms with Crippen LogP contribution in [0.5, 0.6) is 5.75 Å². The Balaban J connectivity index is 2.21. The lowest BCUT2D eigenvalue weighted by atomic mass is 10.2. The first-order chi connectivity index (χ1) is 9.51. The first-order valence-electron chi connectivity index (χ1n) is 6.00. The minimum absolute atomic E-state index is 0.0329. The largest absolute Gasteiger partial charge is 0.495 e. The van der Waals surface area contributed by atoms with E-state index < -0.39 is 4.92 Å². The van der Waals surface area contributed by atoms with Gasteiger partial charge in [-0.05, 0) is 19.9 Å². The van der Waals surface area contributed by atoms with Crippen molar-refractivity contribution in [3.05, 3.63) is 43.9 Å². The molecule has 0 saturated carbocycles. The molecule has 1 aromatic heterocycles. The number of nitro benzene ring substituents is 1. The average molecular weight is 293 g/mol. The van der Waals surface area contributed by atoms with Crippen molar-refractivity contribution in [3.8, 4) is 5.75 Å². The number of aromatic nitrogens is 1. The summed E-state index contributed by atoms with van der Waals surface area (Å²) in [5, 5.41) is 15.0. The monoisotopic (exact) mass is 293 g/mol. The zero-order chi connectivity index (χ0) is 14.7. The summed E-state index contributed by atoms with van der Waals surface area (Å²) in [5.74, 6) is 0.578. The van der Waals surface area contributed by atoms with E-state index in [1.165, 1.54) is 19.2 Å². The molecule has 0 aliphatic carbocycles. The summed E-state index contributed by atoms with van der Waals surface area (Å²) in [4.78, 5) is 15.8. The molecule has 0 aliphatic heterocycles. The average Bonchev–Trinajstić information content (AvgIpc) is 2.74. The van der Waals surface area contributed by atoms with Gasteiger partial charge in [-0.3, -0.25) is 10.1 Å². The van der Waals surface area contributed by atoms with Crippen molar-refractivity contribution in [2.75, 3.05) is 12.4 Å². The van der Waals surface area contributed by atoms with E-state index in [0.29, 0.717) is 18.0 Å². The quantitative estimate of drug-likeness (QED) is 0.676. The number of non-ortho nitro benzene ring substituents is 1. The lowest BCUT2D eigenvalue weighted by Crippen LogP contribution is -2.02. The molecule has 1 aromatic carbocycles. The van der Waals surface area contributed by atoms with Gasteiger partial charge in [-0.2, -0.15) is 0 Å². The highest BCUT2D eigenvalue weighted by atomic mass is 32.1. The third kappa shape index (κ3) is 3.05. The Hall–Kier alpha value is -2.15. The van der Waals surface area contributed by atoms with Gasteiger partial charge in [0, 0.05) is 17.0 Å². The summed E-state index contributed by atoms with van der Waals surface area (Å²) in [6.07, 6.45) is 0. The molecule has 2 aromatic rings. The molecule has 0 fully saturated rings. The van der Waals surface area contributed by atoms with Gasteiger partial charge in [-0.15, -0.1) is 11.3 Å². The number of anilines is 1. The first kappa shape index (κ1) is 14.3. The van der Waals surface area contributed by atoms with Gasteiger partial charge in [0.1, 0.15) is 5.75 Å². The van der Waals surface area contributed by atoms with Gasteiger partial charge in [0.2, 0.25) is 0 Å². The molecule has 0 bridgehead atoms. The van der Waals surface area contributed by atoms with E-state index in [0.717, 1.165) is 15.6 Å². The number of methoxy groups -OCH3 is 1. The zero-order valence-electron chi connectivity index (χ0n) is 11.5. The third-order valence-electron chi connectivity index (χ3n) is 2.83. The van der Waals surface area contributed by atoms with Gasteiger partial charge in [0.15, 0.2) is 0 Å². The van der Waals surface area contributed by atoms with E-state index >= 15 is 0 Å². The molecule has 7 heteroatoms. The molecule has 20 heavy (non-hydrogen) atoms. The van der Waals surface area contributed by atoms with E-state index in [9.17, 15) is 10.1 Å². The topological polar surface area (TPSA) is 77.3 Å². The van der Waals surface area contributed by atoms with Gasteiger partial charge in [-0.25, -0.2) is 4.98 Å². The van der Waals surface area contributed by atoms with E-state index in [-0.39, 0.29) is 5.69 Å². The molecule has 0 aliphatic rings. The van der Waals surface area contributed by atoms with Gasteiger partial charge >= 0.3 is 0 Å². The molecule has 0 saturated heterocycles. The summed E-state index contributed by atoms with van der Waals surface area (Å²) in [5.41, 5.74) is 1.61. The highest BCUT2D eigenvalue weighted by Crippen LogP contribution is 2.30. The van der Waals surface area contributed by atoms with Crippen LogP contribution in [0.1, 0.15) is 15.6 Å². The molecule has 6 nitrogen and oxygen atoms in total. The lowest BCUT2D eigenvalue weighted by molar-refractivity contribution is -0.384. The van der Waals surface area contributed by atoms with Crippen LogP contribution in [0.2, 0.25) is 0 Å². The minimum Gasteiger partial charge on any atom is -0.495 e. The molecule has 1 N–H and O–H groups in total. The standard InChI is InChI=1S/C13H15N3O3S/c1-8-13(20-9(2)15-8)7-14-11-6-10(16(17)18)4-5-12(11)19-3/h4-6,14H,7H2,1-3H3. The molecule has 0 atom stereocenters. The fourth-order valence-corrected chi connectivity index (χ4v) is 2.74. The van der Waals surface area contributed by atoms with Crippen molar-refractivity contribution >= 4 is 22.7 Å². The van der Waals surface area contributed by atoms with Crippen LogP contribution in [0.4, 0.5) is 11.4 Å². The van der Waals surface area contributed by atoms with E-state index in [1.807, 2.05) is 13.8 Å². The first-order valence-corrected chi connectivity index (χ1v) is 6.82. The number of nitrogens with zero attached hydrogens (tertiary/aromatic N) is 2. The number of nitrogens with one attached hydrogen (secondary N) is 1. The van der Waals surface area contributed by atoms with Crippen molar-refractivity contribution in [3.63, 3.8) is 0 Å². The Morgan fingerprint density at radius 3 is 2.75 bits per heavy atom. The Morgan fingerprint density at radius 2 is 2.20 bits per heavy atom. The number of aryl methyl sites for hydroxylation is 2. The second-order valence-electron chi connectivity index (χ2n) is 4.24. The number of ether oxygens (including phenoxy) is 1. The Kier molecular flexibility index (Phi) is 4.19. The molecule has 0 amide bonds. The van der Waals surface area contributed by atoms with Gasteiger partial charge in [0.25, 0.3) is 5.69 Å². The number of nitro groups is 1. The maximum atomic E-state index is 10.8. The lowest BCUT2D eigenvalue weighted by Gasteiger charge is -2.10. The van der Waals surface area contributed by atoms with E-state index in [2.05, 4.69) is 10.3 Å². The molecule has 106 valence electrons. The fourth-order valence-electron chi connectivity index (χ4n) is 1.86. The van der Waals surface area contributed by atoms with Crippen molar-refractivity contribution in [1.29, 1.82) is 0 Å². The number of hydrogen-bond acceptors (Lipinski definition) is 6. The van der Waals surface area contributed by atoms with E-state index in [4.69, 9.17) is 4.74 Å². The van der Waals surface area contributed by atoms with Crippen molar-refractivity contribution in [2.45, 2.75) is 20.4 Å². The smallest absolute Gasteiger partial charge is 0.271 e. The summed E-state index contributed by atoms with van der Waals surface area (Å²) in [6.45, 7) is 4.47. The maximum Gasteiger partial charge on any atom is 0.271 e. The summed E-state index contributed by atoms with van der Waals surface area (Å²) < 4.78 is 5.21. The molecule has 0 spiro atoms. The van der Waals surface area contributed by atoms with Crippen LogP contribution < -0.4 is 10.1 Å². The SMILES string of the molecule is COc1ccc([N+](=O)[O-])cc1NCc1sc(C)nc1C. The van der Waals surface area contributed by atoms with Crippen LogP contribution in [-0.4, -0.2) is 17.0 Å². The van der Waals surface area contributed by atoms with Crippen LogP contribution in [0.25, 0.3) is 0 Å². The highest BCUT2D eigenvalue weighted by molar-refractivity contribution is 7.11. The number of rotatable bonds is 5. The minimum atomic E-state index is -0.424. The van der Waals surface area contributed by atoms with Crippen molar-refractivity contribution in [1.82, 2.24) is 4.98 Å². The molecule has 0 unspecified atom stereocenters. The van der Waals surface area contributed by atoms with Crippen LogP contribution in [0.3, 0.4) is 0 Å². The van der Waals surface area contributed by atoms with Gasteiger partial charge in [0.05, 0.1) is 35.0 Å². The third-order valence-corrected chi connectivity index (χ3v) is 3.91. The maximum absolute atomic E-state index is 10.8. The summed E-state index contributed by atoms with van der Waals surface area (Å²) in [7, 11) is 1.54. The molecular weight excluding hydrogens is 278 g/mol. The zero-order valence-corrected chi connectivity index (χ0v) is 12.3. The number of thiazole rings is 1. The molecule has 0 radical (unpaired) electrons. The van der Waals surface area contributed by atoms with Crippen LogP contribution in [-0.2, 0) is 6.54 Å². The van der Waals surface area contributed by atoms with Crippen molar-refractivity contribution in [2.24, 2.45) is 0 Å². The summed E-state index contributed by atoms with van der Waals surface area (Å²) >= 11 is 1.61. The molecule has 2 rings (SSSR count). The predicted molar refractivity (Wildman–Crippen MR) is 78.6 cm³/mol. The van der Waals surface area contributed by atoms with Crippen LogP contribution in [0, 0.1) is 24.0 Å². The van der Waals surface area contributed by atoms with Gasteiger partial charge in [-0.1, -0.05) is 0 Å². The number of benzene rings is 1. The highest BCUT2D eigenvalue weighted by Gasteiger charge is 2.12. The van der Waals surface area contributed by atoms with Crippen molar-refractivity contribution < 1.29 is 9.66 Å². The Bertz CT molecular complexity index is 640. The fraction of sp³-hybridized carbons (Fsp3) is 0.308. The summed E-state index contributed by atoms with van der Waals surface area (Å²) in [6, 6.07) is 4.49.